The van der Waals surface area contributed by atoms with Gasteiger partial charge in [0.15, 0.2) is 36.2 Å². The van der Waals surface area contributed by atoms with Gasteiger partial charge in [-0.25, -0.2) is 4.79 Å². The average Bonchev–Trinajstić information content (AvgIpc) is 0.763. The number of rotatable bonds is 14. The molecule has 6 aromatic carbocycles. The van der Waals surface area contributed by atoms with Crippen molar-refractivity contribution in [2.45, 2.75) is 179 Å². The summed E-state index contributed by atoms with van der Waals surface area (Å²) >= 11 is 13.6. The number of aliphatic hydroxyl groups excluding tert-OH is 6. The summed E-state index contributed by atoms with van der Waals surface area (Å²) in [6, 6.07) is 8.63. The van der Waals surface area contributed by atoms with Crippen molar-refractivity contribution in [3.63, 3.8) is 0 Å². The Balaban J connectivity index is 1.04. The van der Waals surface area contributed by atoms with E-state index in [1.807, 2.05) is 0 Å². The molecule has 8 aliphatic heterocycles. The Labute approximate surface area is 665 Å². The molecule has 0 aromatic heterocycles. The van der Waals surface area contributed by atoms with Gasteiger partial charge in [-0.15, -0.1) is 0 Å². The molecule has 9 aliphatic rings. The van der Waals surface area contributed by atoms with E-state index >= 15 is 24.0 Å². The zero-order chi connectivity index (χ0) is 82.3. The molecule has 3 saturated heterocycles. The van der Waals surface area contributed by atoms with E-state index in [0.29, 0.717) is 5.56 Å². The van der Waals surface area contributed by atoms with Crippen molar-refractivity contribution in [3.8, 4) is 46.0 Å². The highest BCUT2D eigenvalue weighted by molar-refractivity contribution is 6.32. The van der Waals surface area contributed by atoms with Gasteiger partial charge in [0.2, 0.25) is 47.5 Å². The summed E-state index contributed by atoms with van der Waals surface area (Å²) in [5, 5.41) is 129. The summed E-state index contributed by atoms with van der Waals surface area (Å²) in [6.45, 7) is 2.18. The molecule has 1 aliphatic carbocycles. The molecule has 115 heavy (non-hydrogen) atoms. The molecule has 0 saturated carbocycles. The fraction of sp³-hybridized carbons (Fsp3) is 0.397. The van der Waals surface area contributed by atoms with Crippen molar-refractivity contribution in [2.24, 2.45) is 17.2 Å². The maximum absolute atomic E-state index is 16.6. The van der Waals surface area contributed by atoms with Gasteiger partial charge in [0, 0.05) is 56.0 Å². The number of aliphatic hydroxyl groups is 6. The molecule has 0 radical (unpaired) electrons. The number of aliphatic carboxylic acids is 1. The number of hydrogen-bond acceptors (Lipinski definition) is 28. The van der Waals surface area contributed by atoms with Crippen molar-refractivity contribution in [1.82, 2.24) is 31.9 Å². The molecule has 3 fully saturated rings. The van der Waals surface area contributed by atoms with Crippen LogP contribution in [0.5, 0.6) is 46.0 Å². The summed E-state index contributed by atoms with van der Waals surface area (Å²) < 4.78 is 57.8. The molecule has 22 N–H and O–H groups in total. The monoisotopic (exact) mass is 1630 g/mol. The second kappa shape index (κ2) is 34.7. The number of carboxylic acid groups (broad SMARTS) is 1. The predicted molar refractivity (Wildman–Crippen MR) is 400 cm³/mol. The SMILES string of the molecule is CO[C@H]1[C@H](C)O[C@@H](O[C@@H]2c3ccc(c(Cl)c3)Oc3cc4cc(c3O[C@@H]3O[C@H](CO)[C@@H](O)[C@H](O)[C@H]3O[C@H]3C[C@H](N)[C@@H](O)C(C)O3)Oc3ccc(cc3)[C@@H](O)[C@@H](NC(=O)[C@H](N)c3ccc(O)c(Cl)c3)C(=O)N[C@@H](Cc3ccccc3)C(=O)N[C@H]4C(=O)N[C@H]3C(=O)N[C@@H]2C(=O)N[C@H](C(=O)O)c2cc(O)cc(O)c2C2C=C3C=CC2O)C[C@@H]1N. The summed E-state index contributed by atoms with van der Waals surface area (Å²) in [5.41, 5.74) is 18.3. The minimum Gasteiger partial charge on any atom is -0.508 e. The Kier molecular flexibility index (Phi) is 25.0. The van der Waals surface area contributed by atoms with Crippen molar-refractivity contribution in [3.05, 3.63) is 188 Å². The fourth-order valence-corrected chi connectivity index (χ4v) is 15.4. The number of ether oxygens (including phenoxy) is 9. The van der Waals surface area contributed by atoms with Gasteiger partial charge in [0.05, 0.1) is 47.2 Å². The molecule has 0 spiro atoms. The third-order valence-corrected chi connectivity index (χ3v) is 21.7. The van der Waals surface area contributed by atoms with Crippen LogP contribution < -0.4 is 63.3 Å². The number of fused-ring (bicyclic) bond motifs is 14. The van der Waals surface area contributed by atoms with Crippen LogP contribution >= 0.6 is 23.2 Å². The van der Waals surface area contributed by atoms with Gasteiger partial charge in [-0.2, -0.15) is 0 Å². The van der Waals surface area contributed by atoms with E-state index in [0.717, 1.165) is 30.3 Å². The number of carbonyl (C=O) groups is 7. The van der Waals surface area contributed by atoms with Gasteiger partial charge < -0.3 is 143 Å². The van der Waals surface area contributed by atoms with Crippen LogP contribution in [0, 0.1) is 0 Å². The first-order chi connectivity index (χ1) is 54.8. The summed E-state index contributed by atoms with van der Waals surface area (Å²) in [6.07, 6.45) is -18.7. The number of nitrogens with one attached hydrogen (secondary N) is 6. The number of carbonyl (C=O) groups excluding carboxylic acids is 6. The number of halogens is 2. The minimum absolute atomic E-state index is 0.0509. The van der Waals surface area contributed by atoms with Crippen LogP contribution in [0.3, 0.4) is 0 Å². The number of carboxylic acids is 1. The van der Waals surface area contributed by atoms with Crippen LogP contribution in [-0.4, -0.2) is 216 Å². The number of aromatic hydroxyl groups is 3. The molecular formula is C78H85Cl2N9O26. The normalized spacial score (nSPS) is 31.9. The van der Waals surface area contributed by atoms with Gasteiger partial charge in [-0.05, 0) is 107 Å². The first kappa shape index (κ1) is 82.8. The van der Waals surface area contributed by atoms with Gasteiger partial charge in [-0.3, -0.25) is 28.8 Å². The first-order valence-electron chi connectivity index (χ1n) is 36.6. The quantitative estimate of drug-likeness (QED) is 0.0730. The maximum Gasteiger partial charge on any atom is 0.330 e. The van der Waals surface area contributed by atoms with Crippen LogP contribution in [0.1, 0.15) is 102 Å². The molecule has 3 unspecified atom stereocenters. The highest BCUT2D eigenvalue weighted by Crippen LogP contribution is 2.49. The van der Waals surface area contributed by atoms with E-state index < -0.39 is 241 Å². The zero-order valence-electron chi connectivity index (χ0n) is 61.4. The maximum atomic E-state index is 16.6. The molecular weight excluding hydrogens is 1550 g/mol. The van der Waals surface area contributed by atoms with Crippen LogP contribution in [0.15, 0.2) is 139 Å². The van der Waals surface area contributed by atoms with Crippen molar-refractivity contribution < 1.29 is 127 Å². The Morgan fingerprint density at radius 2 is 1.33 bits per heavy atom. The molecule has 35 nitrogen and oxygen atoms in total. The number of phenols is 3. The largest absolute Gasteiger partial charge is 0.508 e. The second-order valence-corrected chi connectivity index (χ2v) is 29.7. The molecule has 15 rings (SSSR count). The highest BCUT2D eigenvalue weighted by Gasteiger charge is 2.51. The number of phenolic OH excluding ortho intramolecular Hbond substituents is 3. The predicted octanol–water partition coefficient (Wildman–Crippen LogP) is 1.25. The van der Waals surface area contributed by atoms with Gasteiger partial charge in [-0.1, -0.05) is 96.0 Å². The van der Waals surface area contributed by atoms with Crippen molar-refractivity contribution in [1.29, 1.82) is 0 Å². The number of methoxy groups -OCH3 is 1. The van der Waals surface area contributed by atoms with Crippen molar-refractivity contribution in [2.75, 3.05) is 13.7 Å². The van der Waals surface area contributed by atoms with Crippen molar-refractivity contribution >= 4 is 64.6 Å². The van der Waals surface area contributed by atoms with E-state index in [9.17, 15) is 60.7 Å². The van der Waals surface area contributed by atoms with E-state index in [4.69, 9.17) is 83.0 Å². The van der Waals surface area contributed by atoms with E-state index in [2.05, 4.69) is 31.9 Å². The van der Waals surface area contributed by atoms with Crippen LogP contribution in [0.4, 0.5) is 0 Å². The van der Waals surface area contributed by atoms with Gasteiger partial charge >= 0.3 is 5.97 Å². The lowest BCUT2D eigenvalue weighted by molar-refractivity contribution is -0.330. The Hall–Kier alpha value is -10.1. The zero-order valence-corrected chi connectivity index (χ0v) is 62.9. The summed E-state index contributed by atoms with van der Waals surface area (Å²) in [7, 11) is 1.41. The number of nitrogens with two attached hydrogens (primary N) is 3. The average molecular weight is 1640 g/mol. The Morgan fingerprint density at radius 1 is 0.652 bits per heavy atom. The standard InChI is InChI=1S/C78H85Cl2N9O26/c1-30-63(95)44(81)27-54(108-30)114-70-66(98)65(97)53(29-90)112-78(70)115-69-51-23-37-24-52(69)111-50-18-13-36(22-43(50)80)68(113-55-28-45(82)67(107-3)31(2)109-55)62-76(104)87-60(77(105)106)41-25-38(91)26-49(94)56(41)40-20-35(12-16-47(40)92)58(73(101)89-62)86-74(102)59(37)85-71(99)46(19-32-7-5-4-6-8-32)84-75(103)61(64(96)33-9-14-39(110-51)15-10-33)88-72(100)57(83)34-11-17-48(93)42(79)21-34/h4-18,20-26,30-31,40,44-47,53-55,57-68,70,78,90-98H,19,27-29,81-83H2,1-3H3,(H,84,103)(H,85,99)(H,86,102)(H,87,104)(H,88,100)(H,89,101)(H,105,106)/t30?,31-,40?,44-,45-,46-,47?,53+,54-,55-,57+,58+,59+,60-,61+,62-,63-,64+,65+,66-,67-,68+,70+,78-/m0/s1. The van der Waals surface area contributed by atoms with Crippen LogP contribution in [0.25, 0.3) is 0 Å². The Bertz CT molecular complexity index is 4720. The summed E-state index contributed by atoms with van der Waals surface area (Å²) in [4.78, 5) is 108. The molecule has 612 valence electrons. The van der Waals surface area contributed by atoms with Crippen LogP contribution in [-0.2, 0) is 68.4 Å². The lowest BCUT2D eigenvalue weighted by atomic mass is 9.80. The van der Waals surface area contributed by atoms with E-state index in [1.54, 1.807) is 37.3 Å². The molecule has 37 heteroatoms. The minimum atomic E-state index is -2.25. The number of amides is 6. The number of hydrogen-bond donors (Lipinski definition) is 19. The Morgan fingerprint density at radius 3 is 2.01 bits per heavy atom. The molecule has 8 heterocycles. The number of benzene rings is 6. The molecule has 6 aromatic rings. The summed E-state index contributed by atoms with van der Waals surface area (Å²) in [5.74, 6) is -14.9. The second-order valence-electron chi connectivity index (χ2n) is 28.9. The van der Waals surface area contributed by atoms with E-state index in [-0.39, 0.29) is 68.0 Å². The molecule has 11 bridgehead atoms. The molecule has 24 atom stereocenters. The molecule has 6 amide bonds. The third kappa shape index (κ3) is 17.7. The van der Waals surface area contributed by atoms with Gasteiger partial charge in [0.25, 0.3) is 0 Å². The first-order valence-corrected chi connectivity index (χ1v) is 37.3. The highest BCUT2D eigenvalue weighted by atomic mass is 35.5. The van der Waals surface area contributed by atoms with E-state index in [1.165, 1.54) is 86.8 Å². The topological polar surface area (TPSA) is 555 Å². The fourth-order valence-electron chi connectivity index (χ4n) is 15.0. The van der Waals surface area contributed by atoms with Crippen LogP contribution in [0.2, 0.25) is 10.0 Å². The third-order valence-electron chi connectivity index (χ3n) is 21.1. The van der Waals surface area contributed by atoms with Gasteiger partial charge in [0.1, 0.15) is 95.5 Å². The lowest BCUT2D eigenvalue weighted by Gasteiger charge is -2.44. The smallest absolute Gasteiger partial charge is 0.330 e. The lowest BCUT2D eigenvalue weighted by Crippen LogP contribution is -2.62.